The normalized spacial score (nSPS) is 21.6. The topological polar surface area (TPSA) is 100.0 Å². The fourth-order valence-corrected chi connectivity index (χ4v) is 6.82. The van der Waals surface area contributed by atoms with Gasteiger partial charge in [0.15, 0.2) is 22.9 Å². The van der Waals surface area contributed by atoms with Crippen molar-refractivity contribution in [1.82, 2.24) is 14.5 Å². The molecule has 41 heavy (non-hydrogen) atoms. The maximum atomic E-state index is 14.7. The number of likely N-dealkylation sites (tertiary alicyclic amines) is 1. The molecule has 0 saturated carbocycles. The Morgan fingerprint density at radius 1 is 1.12 bits per heavy atom. The fourth-order valence-electron chi connectivity index (χ4n) is 6.82. The highest BCUT2D eigenvalue weighted by atomic mass is 19.2. The molecule has 2 atom stereocenters. The first-order valence-corrected chi connectivity index (χ1v) is 14.1. The first-order valence-electron chi connectivity index (χ1n) is 14.1. The summed E-state index contributed by atoms with van der Waals surface area (Å²) < 4.78 is 47.3. The molecule has 11 heteroatoms. The summed E-state index contributed by atoms with van der Waals surface area (Å²) in [7, 11) is 0. The Morgan fingerprint density at radius 2 is 1.85 bits per heavy atom. The molecule has 2 bridgehead atoms. The van der Waals surface area contributed by atoms with Crippen LogP contribution in [0.4, 0.5) is 8.78 Å². The molecule has 3 aromatic rings. The van der Waals surface area contributed by atoms with Gasteiger partial charge in [-0.2, -0.15) is 8.78 Å². The standard InChI is InChI=1S/C30H29F2N3O6/c1-3-30(41-22(37)9-15(2)34-7-5-4-6-8-34)19-12-20-25-16(13-35(20)29(38)17(19)11-21(30)36)10-18-26(33-25)28-24(32)23(31)27(18)39-14-40-28/h10,12,15H,3-9,11,13-14H2,1-2H3. The number of halogens is 2. The highest BCUT2D eigenvalue weighted by Crippen LogP contribution is 2.46. The molecule has 214 valence electrons. The van der Waals surface area contributed by atoms with E-state index >= 15 is 0 Å². The van der Waals surface area contributed by atoms with Crippen LogP contribution in [0.25, 0.3) is 22.3 Å². The summed E-state index contributed by atoms with van der Waals surface area (Å²) in [6, 6.07) is 3.29. The summed E-state index contributed by atoms with van der Waals surface area (Å²) >= 11 is 0. The Bertz CT molecular complexity index is 1710. The highest BCUT2D eigenvalue weighted by molar-refractivity contribution is 5.98. The first kappa shape index (κ1) is 26.1. The lowest BCUT2D eigenvalue weighted by Gasteiger charge is -2.33. The number of aromatic nitrogens is 2. The lowest BCUT2D eigenvalue weighted by molar-refractivity contribution is -0.169. The number of carbonyl (C=O) groups excluding carboxylic acids is 2. The van der Waals surface area contributed by atoms with Crippen molar-refractivity contribution >= 4 is 22.7 Å². The Hall–Kier alpha value is -3.86. The van der Waals surface area contributed by atoms with Gasteiger partial charge in [0.1, 0.15) is 5.52 Å². The average molecular weight is 566 g/mol. The molecule has 1 aliphatic carbocycles. The Kier molecular flexibility index (Phi) is 5.93. The number of hydrogen-bond acceptors (Lipinski definition) is 8. The van der Waals surface area contributed by atoms with Gasteiger partial charge in [-0.15, -0.1) is 0 Å². The molecule has 1 saturated heterocycles. The third-order valence-electron chi connectivity index (χ3n) is 9.02. The smallest absolute Gasteiger partial charge is 0.308 e. The number of rotatable bonds is 5. The zero-order valence-corrected chi connectivity index (χ0v) is 22.9. The molecule has 9 nitrogen and oxygen atoms in total. The van der Waals surface area contributed by atoms with Gasteiger partial charge in [0.2, 0.25) is 18.4 Å². The van der Waals surface area contributed by atoms with Gasteiger partial charge in [0.05, 0.1) is 24.4 Å². The van der Waals surface area contributed by atoms with Gasteiger partial charge < -0.3 is 23.7 Å². The number of nitrogens with zero attached hydrogens (tertiary/aromatic N) is 3. The van der Waals surface area contributed by atoms with E-state index in [1.807, 2.05) is 6.92 Å². The van der Waals surface area contributed by atoms with Gasteiger partial charge in [0.25, 0.3) is 5.56 Å². The number of benzene rings is 1. The van der Waals surface area contributed by atoms with Crippen LogP contribution >= 0.6 is 0 Å². The number of ether oxygens (including phenoxy) is 3. The zero-order chi connectivity index (χ0) is 28.6. The van der Waals surface area contributed by atoms with E-state index in [1.165, 1.54) is 11.0 Å². The molecular weight excluding hydrogens is 536 g/mol. The predicted octanol–water partition coefficient (Wildman–Crippen LogP) is 3.97. The van der Waals surface area contributed by atoms with Crippen LogP contribution in [0.15, 0.2) is 16.9 Å². The van der Waals surface area contributed by atoms with E-state index in [0.29, 0.717) is 28.1 Å². The molecule has 2 unspecified atom stereocenters. The van der Waals surface area contributed by atoms with E-state index in [9.17, 15) is 23.2 Å². The molecule has 1 fully saturated rings. The summed E-state index contributed by atoms with van der Waals surface area (Å²) in [5.74, 6) is -3.81. The van der Waals surface area contributed by atoms with Gasteiger partial charge in [-0.05, 0) is 51.4 Å². The number of esters is 1. The SMILES string of the molecule is CCC1(OC(=O)CC(C)N2CCCCC2)C(=O)Cc2c1cc1n(c2=O)Cc2cc3c4c(F)c(F)c(c3nc2-1)OCO4. The van der Waals surface area contributed by atoms with E-state index in [2.05, 4.69) is 9.88 Å². The van der Waals surface area contributed by atoms with Crippen molar-refractivity contribution < 1.29 is 32.6 Å². The van der Waals surface area contributed by atoms with Crippen LogP contribution in [0.5, 0.6) is 11.5 Å². The lowest BCUT2D eigenvalue weighted by atomic mass is 9.91. The third-order valence-corrected chi connectivity index (χ3v) is 9.02. The number of carbonyl (C=O) groups is 2. The molecule has 5 aliphatic rings. The van der Waals surface area contributed by atoms with Gasteiger partial charge in [-0.3, -0.25) is 14.4 Å². The third kappa shape index (κ3) is 3.74. The Morgan fingerprint density at radius 3 is 2.61 bits per heavy atom. The van der Waals surface area contributed by atoms with Gasteiger partial charge in [-0.1, -0.05) is 13.3 Å². The van der Waals surface area contributed by atoms with Crippen molar-refractivity contribution in [3.05, 3.63) is 50.8 Å². The number of ketones is 1. The molecule has 0 amide bonds. The maximum absolute atomic E-state index is 14.7. The quantitative estimate of drug-likeness (QED) is 0.335. The fraction of sp³-hybridized carbons (Fsp3) is 0.467. The van der Waals surface area contributed by atoms with E-state index < -0.39 is 23.2 Å². The van der Waals surface area contributed by atoms with Crippen LogP contribution in [0.1, 0.15) is 62.6 Å². The van der Waals surface area contributed by atoms with E-state index in [0.717, 1.165) is 25.9 Å². The Labute approximate surface area is 234 Å². The molecule has 1 aromatic carbocycles. The van der Waals surface area contributed by atoms with Crippen LogP contribution in [-0.4, -0.2) is 52.1 Å². The average Bonchev–Trinajstić information content (AvgIpc) is 3.33. The molecule has 4 aliphatic heterocycles. The molecular formula is C30H29F2N3O6. The van der Waals surface area contributed by atoms with Gasteiger partial charge in [-0.25, -0.2) is 4.98 Å². The van der Waals surface area contributed by atoms with Crippen LogP contribution in [0.3, 0.4) is 0 Å². The second-order valence-electron chi connectivity index (χ2n) is 11.3. The number of piperidine rings is 1. The van der Waals surface area contributed by atoms with Crippen LogP contribution < -0.4 is 15.0 Å². The molecule has 8 rings (SSSR count). The van der Waals surface area contributed by atoms with Crippen molar-refractivity contribution in [3.8, 4) is 22.9 Å². The second kappa shape index (κ2) is 9.34. The maximum Gasteiger partial charge on any atom is 0.308 e. The molecule has 2 aromatic heterocycles. The second-order valence-corrected chi connectivity index (χ2v) is 11.3. The molecule has 0 N–H and O–H groups in total. The van der Waals surface area contributed by atoms with Gasteiger partial charge >= 0.3 is 5.97 Å². The van der Waals surface area contributed by atoms with Crippen LogP contribution in [-0.2, 0) is 32.9 Å². The minimum absolute atomic E-state index is 0.0270. The number of Topliss-reactive ketones (excluding diaryl/α,β-unsaturated/α-hetero) is 1. The van der Waals surface area contributed by atoms with Crippen molar-refractivity contribution in [2.75, 3.05) is 19.9 Å². The molecule has 0 spiro atoms. The van der Waals surface area contributed by atoms with Crippen molar-refractivity contribution in [2.24, 2.45) is 0 Å². The minimum Gasteiger partial charge on any atom is -0.454 e. The van der Waals surface area contributed by atoms with Gasteiger partial charge in [0, 0.05) is 34.5 Å². The summed E-state index contributed by atoms with van der Waals surface area (Å²) in [6.07, 6.45) is 3.53. The van der Waals surface area contributed by atoms with Crippen LogP contribution in [0.2, 0.25) is 0 Å². The summed E-state index contributed by atoms with van der Waals surface area (Å²) in [6.45, 7) is 5.37. The number of pyridine rings is 2. The van der Waals surface area contributed by atoms with Crippen LogP contribution in [0, 0.1) is 11.6 Å². The van der Waals surface area contributed by atoms with E-state index in [1.54, 1.807) is 19.1 Å². The number of fused-ring (bicyclic) bond motifs is 7. The summed E-state index contributed by atoms with van der Waals surface area (Å²) in [5.41, 5.74) is 0.194. The minimum atomic E-state index is -1.57. The van der Waals surface area contributed by atoms with Crippen molar-refractivity contribution in [1.29, 1.82) is 0 Å². The zero-order valence-electron chi connectivity index (χ0n) is 22.9. The van der Waals surface area contributed by atoms with Crippen molar-refractivity contribution in [3.63, 3.8) is 0 Å². The first-order chi connectivity index (χ1) is 19.7. The highest BCUT2D eigenvalue weighted by Gasteiger charge is 2.51. The largest absolute Gasteiger partial charge is 0.454 e. The van der Waals surface area contributed by atoms with E-state index in [4.69, 9.17) is 14.2 Å². The predicted molar refractivity (Wildman–Crippen MR) is 143 cm³/mol. The summed E-state index contributed by atoms with van der Waals surface area (Å²) in [5, 5.41) is 0.249. The monoisotopic (exact) mass is 565 g/mol. The van der Waals surface area contributed by atoms with E-state index in [-0.39, 0.29) is 72.4 Å². The van der Waals surface area contributed by atoms with Crippen molar-refractivity contribution in [2.45, 2.75) is 70.6 Å². The summed E-state index contributed by atoms with van der Waals surface area (Å²) in [4.78, 5) is 47.2. The molecule has 6 heterocycles. The molecule has 0 radical (unpaired) electrons. The number of hydrogen-bond donors (Lipinski definition) is 0. The Balaban J connectivity index is 1.29. The lowest BCUT2D eigenvalue weighted by Crippen LogP contribution is -2.41.